The second-order valence-corrected chi connectivity index (χ2v) is 7.61. The number of anilines is 1. The van der Waals surface area contributed by atoms with Gasteiger partial charge >= 0.3 is 5.63 Å². The zero-order chi connectivity index (χ0) is 17.8. The molecule has 1 aliphatic rings. The van der Waals surface area contributed by atoms with Crippen LogP contribution in [0.5, 0.6) is 0 Å². The second-order valence-electron chi connectivity index (χ2n) is 7.61. The summed E-state index contributed by atoms with van der Waals surface area (Å²) in [7, 11) is 2.11. The van der Waals surface area contributed by atoms with Gasteiger partial charge in [-0.15, -0.1) is 0 Å². The molecule has 0 aliphatic carbocycles. The molecule has 1 aromatic carbocycles. The van der Waals surface area contributed by atoms with Gasteiger partial charge in [0.05, 0.1) is 5.56 Å². The van der Waals surface area contributed by atoms with E-state index >= 15 is 0 Å². The van der Waals surface area contributed by atoms with E-state index in [1.165, 1.54) is 5.56 Å². The Morgan fingerprint density at radius 3 is 2.64 bits per heavy atom. The number of nitrogens with zero attached hydrogens (tertiary/aromatic N) is 2. The molecule has 4 nitrogen and oxygen atoms in total. The van der Waals surface area contributed by atoms with Crippen LogP contribution in [0.2, 0.25) is 0 Å². The smallest absolute Gasteiger partial charge is 0.344 e. The summed E-state index contributed by atoms with van der Waals surface area (Å²) in [6.45, 7) is 6.76. The molecule has 0 bridgehead atoms. The second kappa shape index (κ2) is 5.45. The minimum atomic E-state index is -0.315. The maximum Gasteiger partial charge on any atom is 0.344 e. The Morgan fingerprint density at radius 2 is 1.92 bits per heavy atom. The highest BCUT2D eigenvalue weighted by Gasteiger charge is 2.34. The van der Waals surface area contributed by atoms with Crippen LogP contribution in [-0.4, -0.2) is 17.6 Å². The Morgan fingerprint density at radius 1 is 1.20 bits per heavy atom. The highest BCUT2D eigenvalue weighted by molar-refractivity contribution is 5.86. The summed E-state index contributed by atoms with van der Waals surface area (Å²) < 4.78 is 5.66. The van der Waals surface area contributed by atoms with Crippen LogP contribution in [0.3, 0.4) is 0 Å². The average molecular weight is 334 g/mol. The fraction of sp³-hybridized carbons (Fsp3) is 0.333. The maximum absolute atomic E-state index is 12.5. The molecule has 3 aromatic rings. The number of pyridine rings is 1. The predicted molar refractivity (Wildman–Crippen MR) is 101 cm³/mol. The summed E-state index contributed by atoms with van der Waals surface area (Å²) in [6, 6.07) is 9.78. The van der Waals surface area contributed by atoms with Gasteiger partial charge < -0.3 is 9.32 Å². The van der Waals surface area contributed by atoms with Gasteiger partial charge in [0.2, 0.25) is 0 Å². The van der Waals surface area contributed by atoms with E-state index in [9.17, 15) is 4.79 Å². The van der Waals surface area contributed by atoms with Gasteiger partial charge in [0.15, 0.2) is 0 Å². The van der Waals surface area contributed by atoms with Crippen molar-refractivity contribution in [1.29, 1.82) is 0 Å². The lowest BCUT2D eigenvalue weighted by atomic mass is 9.80. The lowest BCUT2D eigenvalue weighted by molar-refractivity contribution is 0.395. The number of rotatable bonds is 1. The molecule has 0 saturated carbocycles. The molecule has 0 amide bonds. The SMILES string of the molecule is CC1CC(C)(C)N(C)c2cc3oc(=O)c(-c4ccncc4)cc3cc21. The van der Waals surface area contributed by atoms with Crippen LogP contribution in [0.25, 0.3) is 22.1 Å². The van der Waals surface area contributed by atoms with Gasteiger partial charge in [-0.25, -0.2) is 4.79 Å². The first-order valence-corrected chi connectivity index (χ1v) is 8.63. The van der Waals surface area contributed by atoms with Gasteiger partial charge in [0.25, 0.3) is 0 Å². The van der Waals surface area contributed by atoms with Crippen LogP contribution in [-0.2, 0) is 0 Å². The van der Waals surface area contributed by atoms with Crippen molar-refractivity contribution in [1.82, 2.24) is 4.98 Å². The molecule has 128 valence electrons. The van der Waals surface area contributed by atoms with Crippen molar-refractivity contribution in [2.75, 3.05) is 11.9 Å². The highest BCUT2D eigenvalue weighted by atomic mass is 16.4. The normalized spacial score (nSPS) is 19.0. The van der Waals surface area contributed by atoms with Gasteiger partial charge in [0.1, 0.15) is 5.58 Å². The van der Waals surface area contributed by atoms with E-state index in [0.717, 1.165) is 23.1 Å². The average Bonchev–Trinajstić information content (AvgIpc) is 2.58. The number of hydrogen-bond acceptors (Lipinski definition) is 4. The standard InChI is InChI=1S/C21H22N2O2/c1-13-12-21(2,3)23(4)18-11-19-15(9-16(13)18)10-17(20(24)25-19)14-5-7-22-8-6-14/h5-11,13H,12H2,1-4H3. The van der Waals surface area contributed by atoms with E-state index in [1.807, 2.05) is 24.3 Å². The van der Waals surface area contributed by atoms with Gasteiger partial charge in [-0.2, -0.15) is 0 Å². The van der Waals surface area contributed by atoms with Crippen LogP contribution in [0, 0.1) is 0 Å². The fourth-order valence-electron chi connectivity index (χ4n) is 3.91. The minimum absolute atomic E-state index is 0.0807. The fourth-order valence-corrected chi connectivity index (χ4v) is 3.91. The molecule has 0 spiro atoms. The van der Waals surface area contributed by atoms with Gasteiger partial charge in [-0.1, -0.05) is 6.92 Å². The van der Waals surface area contributed by atoms with Crippen molar-refractivity contribution < 1.29 is 4.42 Å². The molecular formula is C21H22N2O2. The van der Waals surface area contributed by atoms with E-state index in [-0.39, 0.29) is 11.2 Å². The molecule has 1 unspecified atom stereocenters. The van der Waals surface area contributed by atoms with Gasteiger partial charge in [-0.3, -0.25) is 4.98 Å². The monoisotopic (exact) mass is 334 g/mol. The third kappa shape index (κ3) is 2.53. The summed E-state index contributed by atoms with van der Waals surface area (Å²) in [6.07, 6.45) is 4.46. The molecule has 1 aliphatic heterocycles. The number of hydrogen-bond donors (Lipinski definition) is 0. The summed E-state index contributed by atoms with van der Waals surface area (Å²) in [4.78, 5) is 18.8. The van der Waals surface area contributed by atoms with Crippen LogP contribution in [0.1, 0.15) is 38.7 Å². The zero-order valence-electron chi connectivity index (χ0n) is 15.0. The summed E-state index contributed by atoms with van der Waals surface area (Å²) >= 11 is 0. The van der Waals surface area contributed by atoms with Crippen LogP contribution in [0.15, 0.2) is 51.9 Å². The highest BCUT2D eigenvalue weighted by Crippen LogP contribution is 2.44. The minimum Gasteiger partial charge on any atom is -0.422 e. The van der Waals surface area contributed by atoms with E-state index < -0.39 is 0 Å². The Bertz CT molecular complexity index is 1010. The largest absolute Gasteiger partial charge is 0.422 e. The third-order valence-corrected chi connectivity index (χ3v) is 5.48. The third-order valence-electron chi connectivity index (χ3n) is 5.48. The van der Waals surface area contributed by atoms with Crippen LogP contribution < -0.4 is 10.5 Å². The first-order chi connectivity index (χ1) is 11.9. The Kier molecular flexibility index (Phi) is 3.46. The Balaban J connectivity index is 1.94. The van der Waals surface area contributed by atoms with Crippen LogP contribution in [0.4, 0.5) is 5.69 Å². The van der Waals surface area contributed by atoms with E-state index in [1.54, 1.807) is 12.4 Å². The molecule has 0 N–H and O–H groups in total. The number of aromatic nitrogens is 1. The maximum atomic E-state index is 12.5. The molecular weight excluding hydrogens is 312 g/mol. The van der Waals surface area contributed by atoms with Crippen molar-refractivity contribution in [3.8, 4) is 11.1 Å². The van der Waals surface area contributed by atoms with E-state index in [0.29, 0.717) is 17.1 Å². The number of benzene rings is 1. The van der Waals surface area contributed by atoms with E-state index in [2.05, 4.69) is 43.8 Å². The molecule has 0 fully saturated rings. The predicted octanol–water partition coefficient (Wildman–Crippen LogP) is 4.58. The van der Waals surface area contributed by atoms with Crippen LogP contribution >= 0.6 is 0 Å². The van der Waals surface area contributed by atoms with Crippen molar-refractivity contribution in [2.24, 2.45) is 0 Å². The first kappa shape index (κ1) is 15.9. The Labute approximate surface area is 147 Å². The molecule has 1 atom stereocenters. The molecule has 0 saturated heterocycles. The zero-order valence-corrected chi connectivity index (χ0v) is 15.0. The Hall–Kier alpha value is -2.62. The molecule has 3 heterocycles. The summed E-state index contributed by atoms with van der Waals surface area (Å²) in [5.41, 5.74) is 4.27. The van der Waals surface area contributed by atoms with Crippen molar-refractivity contribution in [2.45, 2.75) is 38.6 Å². The summed E-state index contributed by atoms with van der Waals surface area (Å²) in [5.74, 6) is 0.460. The van der Waals surface area contributed by atoms with Crippen molar-refractivity contribution in [3.63, 3.8) is 0 Å². The molecule has 25 heavy (non-hydrogen) atoms. The quantitative estimate of drug-likeness (QED) is 0.611. The molecule has 4 rings (SSSR count). The molecule has 4 heteroatoms. The van der Waals surface area contributed by atoms with Crippen molar-refractivity contribution in [3.05, 3.63) is 58.7 Å². The van der Waals surface area contributed by atoms with E-state index in [4.69, 9.17) is 4.42 Å². The lowest BCUT2D eigenvalue weighted by Gasteiger charge is -2.45. The number of fused-ring (bicyclic) bond motifs is 2. The van der Waals surface area contributed by atoms with Gasteiger partial charge in [-0.05, 0) is 61.6 Å². The topological polar surface area (TPSA) is 46.3 Å². The first-order valence-electron chi connectivity index (χ1n) is 8.63. The molecule has 0 radical (unpaired) electrons. The lowest BCUT2D eigenvalue weighted by Crippen LogP contribution is -2.45. The van der Waals surface area contributed by atoms with Gasteiger partial charge in [0, 0.05) is 42.1 Å². The molecule has 2 aromatic heterocycles. The summed E-state index contributed by atoms with van der Waals surface area (Å²) in [5, 5.41) is 0.963. The van der Waals surface area contributed by atoms with Crippen molar-refractivity contribution >= 4 is 16.7 Å².